The molecule has 1 aromatic carbocycles. The van der Waals surface area contributed by atoms with Gasteiger partial charge in [-0.15, -0.1) is 0 Å². The molecule has 2 saturated carbocycles. The highest BCUT2D eigenvalue weighted by atomic mass is 16.5. The first-order chi connectivity index (χ1) is 13.1. The Hall–Kier alpha value is -1.55. The summed E-state index contributed by atoms with van der Waals surface area (Å²) in [5, 5.41) is 0. The predicted octanol–water partition coefficient (Wildman–Crippen LogP) is 3.21. The van der Waals surface area contributed by atoms with Crippen molar-refractivity contribution in [2.75, 3.05) is 20.2 Å². The first-order valence-electron chi connectivity index (χ1n) is 10.7. The highest BCUT2D eigenvalue weighted by molar-refractivity contribution is 5.91. The Labute approximate surface area is 161 Å². The molecule has 144 valence electrons. The normalized spacial score (nSPS) is 41.9. The lowest BCUT2D eigenvalue weighted by Crippen LogP contribution is -2.69. The molecular formula is C23H29NO3. The summed E-state index contributed by atoms with van der Waals surface area (Å²) in [6.07, 6.45) is 4.61. The molecule has 6 atom stereocenters. The van der Waals surface area contributed by atoms with Gasteiger partial charge < -0.3 is 9.47 Å². The quantitative estimate of drug-likeness (QED) is 0.822. The summed E-state index contributed by atoms with van der Waals surface area (Å²) >= 11 is 0. The molecule has 1 spiro atoms. The molecule has 4 heteroatoms. The molecule has 6 rings (SSSR count). The van der Waals surface area contributed by atoms with Crippen molar-refractivity contribution in [2.24, 2.45) is 23.7 Å². The van der Waals surface area contributed by atoms with Crippen LogP contribution in [0.25, 0.3) is 0 Å². The van der Waals surface area contributed by atoms with Crippen molar-refractivity contribution in [3.8, 4) is 11.5 Å². The number of hydrogen-bond donors (Lipinski definition) is 0. The Morgan fingerprint density at radius 1 is 1.30 bits per heavy atom. The van der Waals surface area contributed by atoms with Gasteiger partial charge >= 0.3 is 0 Å². The molecule has 2 bridgehead atoms. The fourth-order valence-corrected chi connectivity index (χ4v) is 7.03. The van der Waals surface area contributed by atoms with Crippen molar-refractivity contribution >= 4 is 5.78 Å². The third kappa shape index (κ3) is 1.90. The van der Waals surface area contributed by atoms with Gasteiger partial charge in [-0.25, -0.2) is 0 Å². The minimum Gasteiger partial charge on any atom is -0.493 e. The summed E-state index contributed by atoms with van der Waals surface area (Å²) < 4.78 is 12.1. The van der Waals surface area contributed by atoms with Crippen LogP contribution in [0.4, 0.5) is 0 Å². The Kier molecular flexibility index (Phi) is 3.21. The van der Waals surface area contributed by atoms with Gasteiger partial charge in [-0.1, -0.05) is 19.9 Å². The van der Waals surface area contributed by atoms with E-state index in [1.807, 2.05) is 6.07 Å². The monoisotopic (exact) mass is 367 g/mol. The largest absolute Gasteiger partial charge is 0.493 e. The van der Waals surface area contributed by atoms with Gasteiger partial charge in [0.25, 0.3) is 0 Å². The third-order valence-corrected chi connectivity index (χ3v) is 8.57. The molecule has 4 nitrogen and oxygen atoms in total. The smallest absolute Gasteiger partial charge is 0.177 e. The van der Waals surface area contributed by atoms with Crippen LogP contribution in [0.3, 0.4) is 0 Å². The van der Waals surface area contributed by atoms with Crippen LogP contribution in [0.15, 0.2) is 12.1 Å². The molecule has 0 N–H and O–H groups in total. The van der Waals surface area contributed by atoms with Gasteiger partial charge in [-0.05, 0) is 61.6 Å². The number of nitrogens with zero attached hydrogens (tertiary/aromatic N) is 1. The average Bonchev–Trinajstić information content (AvgIpc) is 3.42. The lowest BCUT2D eigenvalue weighted by molar-refractivity contribution is -0.151. The van der Waals surface area contributed by atoms with E-state index in [9.17, 15) is 4.79 Å². The maximum absolute atomic E-state index is 13.4. The molecule has 1 aromatic rings. The van der Waals surface area contributed by atoms with Crippen LogP contribution in [0.1, 0.15) is 44.2 Å². The minimum atomic E-state index is -0.315. The summed E-state index contributed by atoms with van der Waals surface area (Å²) in [6.45, 7) is 6.79. The molecule has 1 saturated heterocycles. The van der Waals surface area contributed by atoms with E-state index in [1.54, 1.807) is 7.11 Å². The average molecular weight is 367 g/mol. The second kappa shape index (κ2) is 5.28. The van der Waals surface area contributed by atoms with Crippen LogP contribution in [-0.2, 0) is 16.6 Å². The Morgan fingerprint density at radius 3 is 2.85 bits per heavy atom. The summed E-state index contributed by atoms with van der Waals surface area (Å²) in [4.78, 5) is 16.1. The number of rotatable bonds is 3. The van der Waals surface area contributed by atoms with Gasteiger partial charge in [-0.3, -0.25) is 9.69 Å². The summed E-state index contributed by atoms with van der Waals surface area (Å²) in [5.74, 6) is 3.84. The predicted molar refractivity (Wildman–Crippen MR) is 102 cm³/mol. The van der Waals surface area contributed by atoms with Crippen LogP contribution < -0.4 is 9.47 Å². The van der Waals surface area contributed by atoms with E-state index >= 15 is 0 Å². The number of ketones is 1. The molecular weight excluding hydrogens is 338 g/mol. The van der Waals surface area contributed by atoms with Crippen molar-refractivity contribution in [3.63, 3.8) is 0 Å². The Morgan fingerprint density at radius 2 is 2.11 bits per heavy atom. The van der Waals surface area contributed by atoms with E-state index in [0.29, 0.717) is 23.7 Å². The van der Waals surface area contributed by atoms with E-state index in [0.717, 1.165) is 36.8 Å². The Bertz CT molecular complexity index is 831. The van der Waals surface area contributed by atoms with Crippen LogP contribution in [0, 0.1) is 23.7 Å². The zero-order chi connectivity index (χ0) is 18.5. The van der Waals surface area contributed by atoms with Crippen LogP contribution in [-0.4, -0.2) is 43.0 Å². The van der Waals surface area contributed by atoms with Gasteiger partial charge in [0.1, 0.15) is 0 Å². The number of methoxy groups -OCH3 is 1. The second-order valence-corrected chi connectivity index (χ2v) is 9.71. The summed E-state index contributed by atoms with van der Waals surface area (Å²) in [6, 6.07) is 4.82. The Balaban J connectivity index is 1.56. The number of carbonyl (C=O) groups is 1. The maximum Gasteiger partial charge on any atom is 0.177 e. The highest BCUT2D eigenvalue weighted by Crippen LogP contribution is 2.65. The first kappa shape index (κ1) is 16.4. The van der Waals surface area contributed by atoms with Crippen molar-refractivity contribution in [1.29, 1.82) is 0 Å². The highest BCUT2D eigenvalue weighted by Gasteiger charge is 2.69. The fraction of sp³-hybridized carbons (Fsp3) is 0.696. The van der Waals surface area contributed by atoms with E-state index in [1.165, 1.54) is 30.5 Å². The van der Waals surface area contributed by atoms with E-state index in [4.69, 9.17) is 9.47 Å². The van der Waals surface area contributed by atoms with E-state index in [2.05, 4.69) is 24.8 Å². The van der Waals surface area contributed by atoms with E-state index in [-0.39, 0.29) is 17.4 Å². The molecule has 3 fully saturated rings. The van der Waals surface area contributed by atoms with Crippen LogP contribution in [0.2, 0.25) is 0 Å². The van der Waals surface area contributed by atoms with Gasteiger partial charge in [0.2, 0.25) is 0 Å². The molecule has 0 radical (unpaired) electrons. The minimum absolute atomic E-state index is 0.0679. The number of benzene rings is 1. The maximum atomic E-state index is 13.4. The van der Waals surface area contributed by atoms with Crippen molar-refractivity contribution in [1.82, 2.24) is 4.90 Å². The topological polar surface area (TPSA) is 38.8 Å². The molecule has 0 amide bonds. The fourth-order valence-electron chi connectivity index (χ4n) is 7.03. The van der Waals surface area contributed by atoms with Gasteiger partial charge in [-0.2, -0.15) is 0 Å². The number of Topliss-reactive ketones (excluding diaryl/α,β-unsaturated/α-hetero) is 1. The third-order valence-electron chi connectivity index (χ3n) is 8.57. The molecule has 4 unspecified atom stereocenters. The number of piperidine rings is 1. The zero-order valence-corrected chi connectivity index (χ0v) is 16.5. The van der Waals surface area contributed by atoms with Gasteiger partial charge in [0.05, 0.1) is 7.11 Å². The zero-order valence-electron chi connectivity index (χ0n) is 16.5. The number of ether oxygens (including phenoxy) is 2. The first-order valence-corrected chi connectivity index (χ1v) is 10.7. The van der Waals surface area contributed by atoms with E-state index < -0.39 is 0 Å². The van der Waals surface area contributed by atoms with Gasteiger partial charge in [0.15, 0.2) is 23.4 Å². The lowest BCUT2D eigenvalue weighted by Gasteiger charge is -2.61. The molecule has 2 heterocycles. The lowest BCUT2D eigenvalue weighted by atomic mass is 9.47. The number of carbonyl (C=O) groups excluding carboxylic acids is 1. The molecule has 27 heavy (non-hydrogen) atoms. The molecule has 0 aromatic heterocycles. The summed E-state index contributed by atoms with van der Waals surface area (Å²) in [7, 11) is 1.70. The second-order valence-electron chi connectivity index (χ2n) is 9.71. The number of likely N-dealkylation sites (tertiary alicyclic amines) is 1. The molecule has 2 aliphatic heterocycles. The van der Waals surface area contributed by atoms with Crippen molar-refractivity contribution < 1.29 is 14.3 Å². The van der Waals surface area contributed by atoms with Gasteiger partial charge in [0, 0.05) is 29.5 Å². The van der Waals surface area contributed by atoms with Crippen molar-refractivity contribution in [2.45, 2.75) is 57.1 Å². The van der Waals surface area contributed by atoms with Crippen molar-refractivity contribution in [3.05, 3.63) is 23.3 Å². The standard InChI is InChI=1S/C23H29NO3/c1-12-13(2)20(25)22-23-8-9-24(11-14-4-5-14)16(18(12)23)10-15-6-7-17(26-3)21(27-22)19(15)23/h6-7,12-14,16,18,22H,4-5,8-11H2,1-3H3/t12-,13-,16?,18?,22?,23?/m0/s1. The van der Waals surface area contributed by atoms with Crippen LogP contribution >= 0.6 is 0 Å². The number of hydrogen-bond acceptors (Lipinski definition) is 4. The summed E-state index contributed by atoms with van der Waals surface area (Å²) in [5.41, 5.74) is 2.58. The molecule has 5 aliphatic rings. The van der Waals surface area contributed by atoms with Crippen LogP contribution in [0.5, 0.6) is 11.5 Å². The molecule has 3 aliphatic carbocycles. The SMILES string of the molecule is COc1ccc2c3c1OC1C(=O)[C@@H](C)[C@H](C)C4C(C2)N(CC2CC2)CCC314.